The Labute approximate surface area is 172 Å². The van der Waals surface area contributed by atoms with Crippen molar-refractivity contribution in [1.29, 1.82) is 0 Å². The quantitative estimate of drug-likeness (QED) is 0.655. The first-order valence-electron chi connectivity index (χ1n) is 9.13. The van der Waals surface area contributed by atoms with Crippen LogP contribution in [0.3, 0.4) is 0 Å². The van der Waals surface area contributed by atoms with Gasteiger partial charge in [-0.05, 0) is 60.9 Å². The Morgan fingerprint density at radius 3 is 2.27 bits per heavy atom. The Hall–Kier alpha value is -3.81. The van der Waals surface area contributed by atoms with E-state index < -0.39 is 29.3 Å². The van der Waals surface area contributed by atoms with Crippen LogP contribution in [0, 0.1) is 19.7 Å². The van der Waals surface area contributed by atoms with Gasteiger partial charge in [-0.15, -0.1) is 0 Å². The van der Waals surface area contributed by atoms with Gasteiger partial charge in [0.15, 0.2) is 6.04 Å². The van der Waals surface area contributed by atoms with Crippen LogP contribution in [0.25, 0.3) is 5.69 Å². The lowest BCUT2D eigenvalue weighted by molar-refractivity contribution is -0.143. The SMILES string of the molecule is COC(=O)[C@H](NC(=O)c1ccc(=O)n(-c2ccc(F)cc2)n1)c1c(C)cccc1C. The van der Waals surface area contributed by atoms with Crippen LogP contribution in [0.15, 0.2) is 59.4 Å². The van der Waals surface area contributed by atoms with E-state index in [4.69, 9.17) is 4.74 Å². The molecule has 2 aromatic carbocycles. The third-order valence-electron chi connectivity index (χ3n) is 4.65. The molecule has 0 radical (unpaired) electrons. The maximum atomic E-state index is 13.2. The molecule has 1 heterocycles. The van der Waals surface area contributed by atoms with E-state index in [0.717, 1.165) is 15.8 Å². The van der Waals surface area contributed by atoms with Crippen molar-refractivity contribution >= 4 is 11.9 Å². The summed E-state index contributed by atoms with van der Waals surface area (Å²) in [6, 6.07) is 12.0. The topological polar surface area (TPSA) is 90.3 Å². The fourth-order valence-electron chi connectivity index (χ4n) is 3.15. The first-order chi connectivity index (χ1) is 14.3. The minimum absolute atomic E-state index is 0.0842. The molecule has 0 saturated heterocycles. The van der Waals surface area contributed by atoms with Crippen molar-refractivity contribution in [3.05, 3.63) is 93.2 Å². The molecule has 1 amide bonds. The van der Waals surface area contributed by atoms with E-state index in [1.165, 1.54) is 43.5 Å². The highest BCUT2D eigenvalue weighted by molar-refractivity contribution is 5.95. The molecule has 1 aromatic heterocycles. The number of esters is 1. The van der Waals surface area contributed by atoms with E-state index in [1.807, 2.05) is 32.0 Å². The number of methoxy groups -OCH3 is 1. The normalized spacial score (nSPS) is 11.6. The average Bonchev–Trinajstić information content (AvgIpc) is 2.73. The number of ether oxygens (including phenoxy) is 1. The van der Waals surface area contributed by atoms with Gasteiger partial charge in [-0.3, -0.25) is 9.59 Å². The minimum Gasteiger partial charge on any atom is -0.467 e. The molecular formula is C22H20FN3O4. The molecule has 7 nitrogen and oxygen atoms in total. The van der Waals surface area contributed by atoms with Crippen molar-refractivity contribution in [3.8, 4) is 5.69 Å². The van der Waals surface area contributed by atoms with Gasteiger partial charge in [0.2, 0.25) is 0 Å². The highest BCUT2D eigenvalue weighted by atomic mass is 19.1. The molecule has 3 rings (SSSR count). The van der Waals surface area contributed by atoms with Gasteiger partial charge in [-0.2, -0.15) is 9.78 Å². The molecule has 30 heavy (non-hydrogen) atoms. The number of amides is 1. The lowest BCUT2D eigenvalue weighted by Crippen LogP contribution is -2.37. The minimum atomic E-state index is -1.04. The van der Waals surface area contributed by atoms with Crippen molar-refractivity contribution in [3.63, 3.8) is 0 Å². The van der Waals surface area contributed by atoms with Crippen LogP contribution < -0.4 is 10.9 Å². The number of aromatic nitrogens is 2. The molecule has 154 valence electrons. The second kappa shape index (κ2) is 8.69. The van der Waals surface area contributed by atoms with Gasteiger partial charge >= 0.3 is 5.97 Å². The first kappa shape index (κ1) is 20.9. The fourth-order valence-corrected chi connectivity index (χ4v) is 3.15. The van der Waals surface area contributed by atoms with Crippen LogP contribution in [0.4, 0.5) is 4.39 Å². The zero-order valence-corrected chi connectivity index (χ0v) is 16.7. The van der Waals surface area contributed by atoms with E-state index in [9.17, 15) is 18.8 Å². The monoisotopic (exact) mass is 409 g/mol. The number of aryl methyl sites for hydroxylation is 2. The van der Waals surface area contributed by atoms with Crippen molar-refractivity contribution < 1.29 is 18.7 Å². The standard InChI is InChI=1S/C22H20FN3O4/c1-13-5-4-6-14(2)19(13)20(22(29)30-3)24-21(28)17-11-12-18(27)26(25-17)16-9-7-15(23)8-10-16/h4-12,20H,1-3H3,(H,24,28)/t20-/m1/s1. The molecule has 0 fully saturated rings. The summed E-state index contributed by atoms with van der Waals surface area (Å²) in [7, 11) is 1.24. The number of rotatable bonds is 5. The van der Waals surface area contributed by atoms with Gasteiger partial charge in [-0.1, -0.05) is 18.2 Å². The van der Waals surface area contributed by atoms with Crippen LogP contribution in [0.2, 0.25) is 0 Å². The van der Waals surface area contributed by atoms with E-state index in [-0.39, 0.29) is 5.69 Å². The molecule has 0 bridgehead atoms. The largest absolute Gasteiger partial charge is 0.467 e. The fraction of sp³-hybridized carbons (Fsp3) is 0.182. The molecule has 0 aliphatic heterocycles. The highest BCUT2D eigenvalue weighted by Crippen LogP contribution is 2.23. The van der Waals surface area contributed by atoms with Gasteiger partial charge in [0.05, 0.1) is 12.8 Å². The maximum absolute atomic E-state index is 13.2. The molecule has 3 aromatic rings. The van der Waals surface area contributed by atoms with Crippen LogP contribution in [-0.4, -0.2) is 28.8 Å². The predicted octanol–water partition coefficient (Wildman–Crippen LogP) is 2.63. The average molecular weight is 409 g/mol. The molecule has 1 N–H and O–H groups in total. The van der Waals surface area contributed by atoms with E-state index in [1.54, 1.807) is 0 Å². The summed E-state index contributed by atoms with van der Waals surface area (Å²) in [5.41, 5.74) is 1.99. The summed E-state index contributed by atoms with van der Waals surface area (Å²) < 4.78 is 19.0. The number of carbonyl (C=O) groups is 2. The number of nitrogens with one attached hydrogen (secondary N) is 1. The van der Waals surface area contributed by atoms with Crippen LogP contribution in [0.5, 0.6) is 0 Å². The van der Waals surface area contributed by atoms with Crippen molar-refractivity contribution in [2.24, 2.45) is 0 Å². The van der Waals surface area contributed by atoms with E-state index >= 15 is 0 Å². The molecule has 0 spiro atoms. The lowest BCUT2D eigenvalue weighted by Gasteiger charge is -2.20. The molecular weight excluding hydrogens is 389 g/mol. The smallest absolute Gasteiger partial charge is 0.333 e. The van der Waals surface area contributed by atoms with Crippen molar-refractivity contribution in [1.82, 2.24) is 15.1 Å². The van der Waals surface area contributed by atoms with Crippen molar-refractivity contribution in [2.75, 3.05) is 7.11 Å². The Kier molecular flexibility index (Phi) is 6.06. The Balaban J connectivity index is 1.97. The van der Waals surface area contributed by atoms with Crippen LogP contribution in [-0.2, 0) is 9.53 Å². The van der Waals surface area contributed by atoms with E-state index in [0.29, 0.717) is 11.3 Å². The summed E-state index contributed by atoms with van der Waals surface area (Å²) in [4.78, 5) is 37.4. The molecule has 0 aliphatic rings. The van der Waals surface area contributed by atoms with Crippen molar-refractivity contribution in [2.45, 2.75) is 19.9 Å². The van der Waals surface area contributed by atoms with Gasteiger partial charge in [0.25, 0.3) is 11.5 Å². The molecule has 1 atom stereocenters. The summed E-state index contributed by atoms with van der Waals surface area (Å²) >= 11 is 0. The number of benzene rings is 2. The zero-order chi connectivity index (χ0) is 21.8. The molecule has 8 heteroatoms. The number of carbonyl (C=O) groups excluding carboxylic acids is 2. The third kappa shape index (κ3) is 4.27. The summed E-state index contributed by atoms with van der Waals surface area (Å²) in [6.45, 7) is 3.66. The van der Waals surface area contributed by atoms with Gasteiger partial charge in [0, 0.05) is 6.07 Å². The zero-order valence-electron chi connectivity index (χ0n) is 16.7. The Bertz CT molecular complexity index is 1140. The van der Waals surface area contributed by atoms with Gasteiger partial charge in [-0.25, -0.2) is 9.18 Å². The first-order valence-corrected chi connectivity index (χ1v) is 9.13. The Morgan fingerprint density at radius 1 is 1.03 bits per heavy atom. The molecule has 0 aliphatic carbocycles. The number of hydrogen-bond acceptors (Lipinski definition) is 5. The lowest BCUT2D eigenvalue weighted by atomic mass is 9.96. The summed E-state index contributed by atoms with van der Waals surface area (Å²) in [5.74, 6) is -1.76. The van der Waals surface area contributed by atoms with Gasteiger partial charge < -0.3 is 10.1 Å². The summed E-state index contributed by atoms with van der Waals surface area (Å²) in [6.07, 6.45) is 0. The molecule has 0 saturated carbocycles. The number of halogens is 1. The second-order valence-electron chi connectivity index (χ2n) is 6.68. The van der Waals surface area contributed by atoms with Crippen LogP contribution >= 0.6 is 0 Å². The number of nitrogens with zero attached hydrogens (tertiary/aromatic N) is 2. The van der Waals surface area contributed by atoms with E-state index in [2.05, 4.69) is 10.4 Å². The maximum Gasteiger partial charge on any atom is 0.333 e. The predicted molar refractivity (Wildman–Crippen MR) is 108 cm³/mol. The second-order valence-corrected chi connectivity index (χ2v) is 6.68. The summed E-state index contributed by atoms with van der Waals surface area (Å²) in [5, 5.41) is 6.70. The van der Waals surface area contributed by atoms with Crippen LogP contribution in [0.1, 0.15) is 33.2 Å². The van der Waals surface area contributed by atoms with Gasteiger partial charge in [0.1, 0.15) is 11.5 Å². The third-order valence-corrected chi connectivity index (χ3v) is 4.65. The Morgan fingerprint density at radius 2 is 1.67 bits per heavy atom. The molecule has 0 unspecified atom stereocenters. The number of hydrogen-bond donors (Lipinski definition) is 1. The highest BCUT2D eigenvalue weighted by Gasteiger charge is 2.27.